The number of carbonyl (C=O) groups excluding carboxylic acids is 2. The molecule has 100 valence electrons. The minimum atomic E-state index is -0.167. The van der Waals surface area contributed by atoms with Crippen molar-refractivity contribution in [1.82, 2.24) is 4.90 Å². The van der Waals surface area contributed by atoms with Gasteiger partial charge in [0, 0.05) is 24.7 Å². The second-order valence-corrected chi connectivity index (χ2v) is 4.90. The van der Waals surface area contributed by atoms with Crippen molar-refractivity contribution in [3.63, 3.8) is 0 Å². The molecule has 1 N–H and O–H groups in total. The highest BCUT2D eigenvalue weighted by atomic mass is 16.2. The van der Waals surface area contributed by atoms with E-state index in [2.05, 4.69) is 23.5 Å². The molecular weight excluding hydrogens is 240 g/mol. The molecule has 2 amide bonds. The molecule has 1 aromatic rings. The number of likely N-dealkylation sites (tertiary alicyclic amines) is 1. The number of hydrogen-bond acceptors (Lipinski definition) is 3. The smallest absolute Gasteiger partial charge is 0.258 e. The molecule has 0 saturated carbocycles. The van der Waals surface area contributed by atoms with Crippen LogP contribution in [0, 0.1) is 0 Å². The van der Waals surface area contributed by atoms with Crippen LogP contribution < -0.4 is 5.32 Å². The van der Waals surface area contributed by atoms with Crippen LogP contribution in [0.15, 0.2) is 35.4 Å². The maximum absolute atomic E-state index is 11.1. The first-order valence-electron chi connectivity index (χ1n) is 6.31. The third-order valence-corrected chi connectivity index (χ3v) is 3.29. The van der Waals surface area contributed by atoms with Gasteiger partial charge in [0.15, 0.2) is 0 Å². The van der Waals surface area contributed by atoms with Gasteiger partial charge in [0.1, 0.15) is 0 Å². The van der Waals surface area contributed by atoms with Gasteiger partial charge in [-0.3, -0.25) is 14.5 Å². The second-order valence-electron chi connectivity index (χ2n) is 4.90. The van der Waals surface area contributed by atoms with Crippen LogP contribution in [0.5, 0.6) is 0 Å². The van der Waals surface area contributed by atoms with E-state index in [0.29, 0.717) is 6.54 Å². The van der Waals surface area contributed by atoms with Gasteiger partial charge in [-0.1, -0.05) is 23.8 Å². The zero-order valence-electron chi connectivity index (χ0n) is 11.5. The van der Waals surface area contributed by atoms with Crippen molar-refractivity contribution in [2.45, 2.75) is 27.3 Å². The maximum atomic E-state index is 11.1. The minimum absolute atomic E-state index is 0.127. The third-order valence-electron chi connectivity index (χ3n) is 3.29. The van der Waals surface area contributed by atoms with Gasteiger partial charge in [-0.05, 0) is 25.5 Å². The lowest BCUT2D eigenvalue weighted by Crippen LogP contribution is -2.49. The topological polar surface area (TPSA) is 49.4 Å². The standard InChI is InChI=1S/C8H11NO2.C7H7N/c1-5(2)7-4-9(6(3)10)8(7)11;1-2-4-7-6(3-1)5-8-7/h4H2,1-3H3;1-4,8H,5H2. The predicted octanol–water partition coefficient (Wildman–Crippen LogP) is 2.32. The van der Waals surface area contributed by atoms with Gasteiger partial charge in [0.2, 0.25) is 5.91 Å². The highest BCUT2D eigenvalue weighted by Crippen LogP contribution is 2.23. The number of β-lactam (4-membered cyclic amide) rings is 1. The molecule has 1 fully saturated rings. The van der Waals surface area contributed by atoms with E-state index in [0.717, 1.165) is 17.7 Å². The number of allylic oxidation sites excluding steroid dienone is 1. The number of nitrogens with zero attached hydrogens (tertiary/aromatic N) is 1. The van der Waals surface area contributed by atoms with Crippen LogP contribution in [0.1, 0.15) is 26.3 Å². The molecule has 0 bridgehead atoms. The summed E-state index contributed by atoms with van der Waals surface area (Å²) in [6.45, 7) is 6.71. The Kier molecular flexibility index (Phi) is 3.69. The number of nitrogens with one attached hydrogen (secondary N) is 1. The van der Waals surface area contributed by atoms with Crippen molar-refractivity contribution in [2.24, 2.45) is 0 Å². The Morgan fingerprint density at radius 3 is 2.21 bits per heavy atom. The zero-order valence-corrected chi connectivity index (χ0v) is 11.5. The predicted molar refractivity (Wildman–Crippen MR) is 74.5 cm³/mol. The number of carbonyl (C=O) groups is 2. The van der Waals surface area contributed by atoms with Crippen LogP contribution in [0.3, 0.4) is 0 Å². The highest BCUT2D eigenvalue weighted by molar-refractivity contribution is 6.10. The number of hydrogen-bond donors (Lipinski definition) is 1. The van der Waals surface area contributed by atoms with Gasteiger partial charge in [-0.25, -0.2) is 0 Å². The average molecular weight is 258 g/mol. The Morgan fingerprint density at radius 2 is 1.89 bits per heavy atom. The Hall–Kier alpha value is -2.10. The first-order valence-corrected chi connectivity index (χ1v) is 6.31. The summed E-state index contributed by atoms with van der Waals surface area (Å²) in [7, 11) is 0. The van der Waals surface area contributed by atoms with Gasteiger partial charge in [-0.15, -0.1) is 0 Å². The molecule has 4 heteroatoms. The lowest BCUT2D eigenvalue weighted by molar-refractivity contribution is -0.145. The largest absolute Gasteiger partial charge is 0.381 e. The van der Waals surface area contributed by atoms with Gasteiger partial charge in [0.25, 0.3) is 5.91 Å². The Morgan fingerprint density at radius 1 is 1.21 bits per heavy atom. The number of para-hydroxylation sites is 1. The Balaban J connectivity index is 0.000000146. The minimum Gasteiger partial charge on any atom is -0.381 e. The van der Waals surface area contributed by atoms with Crippen molar-refractivity contribution in [3.05, 3.63) is 41.0 Å². The fourth-order valence-electron chi connectivity index (χ4n) is 1.93. The molecule has 0 aromatic heterocycles. The van der Waals surface area contributed by atoms with Gasteiger partial charge in [0.05, 0.1) is 6.54 Å². The molecule has 0 radical (unpaired) electrons. The summed E-state index contributed by atoms with van der Waals surface area (Å²) in [6.07, 6.45) is 0. The van der Waals surface area contributed by atoms with E-state index in [-0.39, 0.29) is 11.8 Å². The molecular formula is C15H18N2O2. The van der Waals surface area contributed by atoms with E-state index in [1.165, 1.54) is 23.1 Å². The van der Waals surface area contributed by atoms with E-state index in [4.69, 9.17) is 0 Å². The fourth-order valence-corrected chi connectivity index (χ4v) is 1.93. The molecule has 2 aliphatic heterocycles. The lowest BCUT2D eigenvalue weighted by Gasteiger charge is -2.31. The van der Waals surface area contributed by atoms with Crippen molar-refractivity contribution < 1.29 is 9.59 Å². The monoisotopic (exact) mass is 258 g/mol. The van der Waals surface area contributed by atoms with Crippen molar-refractivity contribution in [3.8, 4) is 0 Å². The quantitative estimate of drug-likeness (QED) is 0.574. The summed E-state index contributed by atoms with van der Waals surface area (Å²) in [5, 5.41) is 3.19. The summed E-state index contributed by atoms with van der Waals surface area (Å²) in [6, 6.07) is 8.36. The highest BCUT2D eigenvalue weighted by Gasteiger charge is 2.33. The fraction of sp³-hybridized carbons (Fsp3) is 0.333. The number of anilines is 1. The lowest BCUT2D eigenvalue weighted by atomic mass is 10.0. The second kappa shape index (κ2) is 5.26. The molecule has 1 saturated heterocycles. The number of amides is 2. The molecule has 0 atom stereocenters. The number of fused-ring (bicyclic) bond motifs is 1. The molecule has 3 rings (SSSR count). The van der Waals surface area contributed by atoms with Gasteiger partial charge >= 0.3 is 0 Å². The molecule has 1 aromatic carbocycles. The van der Waals surface area contributed by atoms with E-state index < -0.39 is 0 Å². The van der Waals surface area contributed by atoms with E-state index in [1.807, 2.05) is 19.9 Å². The Bertz CT molecular complexity index is 534. The first kappa shape index (κ1) is 13.3. The number of benzene rings is 1. The number of rotatable bonds is 0. The molecule has 0 spiro atoms. The summed E-state index contributed by atoms with van der Waals surface area (Å²) >= 11 is 0. The summed E-state index contributed by atoms with van der Waals surface area (Å²) in [4.78, 5) is 23.0. The van der Waals surface area contributed by atoms with Gasteiger partial charge < -0.3 is 5.32 Å². The molecule has 19 heavy (non-hydrogen) atoms. The van der Waals surface area contributed by atoms with Crippen molar-refractivity contribution in [1.29, 1.82) is 0 Å². The maximum Gasteiger partial charge on any atom is 0.258 e. The zero-order chi connectivity index (χ0) is 14.0. The molecule has 0 aliphatic carbocycles. The summed E-state index contributed by atoms with van der Waals surface area (Å²) in [5.74, 6) is -0.294. The van der Waals surface area contributed by atoms with E-state index in [9.17, 15) is 9.59 Å². The molecule has 2 heterocycles. The van der Waals surface area contributed by atoms with Crippen LogP contribution in [0.2, 0.25) is 0 Å². The van der Waals surface area contributed by atoms with Crippen LogP contribution in [-0.4, -0.2) is 23.3 Å². The van der Waals surface area contributed by atoms with Crippen LogP contribution in [-0.2, 0) is 16.1 Å². The van der Waals surface area contributed by atoms with E-state index in [1.54, 1.807) is 0 Å². The van der Waals surface area contributed by atoms with Crippen molar-refractivity contribution >= 4 is 17.5 Å². The SMILES string of the molecule is CC(=O)N1CC(=C(C)C)C1=O.c1ccc2c(c1)CN2. The summed E-state index contributed by atoms with van der Waals surface area (Å²) < 4.78 is 0. The number of imide groups is 1. The van der Waals surface area contributed by atoms with Crippen molar-refractivity contribution in [2.75, 3.05) is 11.9 Å². The normalized spacial score (nSPS) is 15.2. The van der Waals surface area contributed by atoms with Gasteiger partial charge in [-0.2, -0.15) is 0 Å². The van der Waals surface area contributed by atoms with E-state index >= 15 is 0 Å². The van der Waals surface area contributed by atoms with Crippen LogP contribution >= 0.6 is 0 Å². The average Bonchev–Trinajstić information content (AvgIpc) is 2.29. The third kappa shape index (κ3) is 2.67. The molecule has 4 nitrogen and oxygen atoms in total. The van der Waals surface area contributed by atoms with Crippen LogP contribution in [0.4, 0.5) is 5.69 Å². The summed E-state index contributed by atoms with van der Waals surface area (Å²) in [5.41, 5.74) is 4.52. The molecule has 2 aliphatic rings. The first-order chi connectivity index (χ1) is 9.00. The van der Waals surface area contributed by atoms with Crippen LogP contribution in [0.25, 0.3) is 0 Å². The Labute approximate surface area is 113 Å². The molecule has 0 unspecified atom stereocenters.